The van der Waals surface area contributed by atoms with Crippen molar-refractivity contribution >= 4 is 17.7 Å². The second kappa shape index (κ2) is 7.33. The Bertz CT molecular complexity index is 642. The van der Waals surface area contributed by atoms with Crippen molar-refractivity contribution in [2.45, 2.75) is 63.9 Å². The number of nitrogens with one attached hydrogen (secondary N) is 1. The average molecular weight is 349 g/mol. The van der Waals surface area contributed by atoms with Crippen LogP contribution in [0.2, 0.25) is 0 Å². The van der Waals surface area contributed by atoms with Crippen molar-refractivity contribution in [3.8, 4) is 5.75 Å². The summed E-state index contributed by atoms with van der Waals surface area (Å²) in [7, 11) is 1.51. The topological polar surface area (TPSA) is 84.9 Å². The molecule has 1 saturated carbocycles. The van der Waals surface area contributed by atoms with Crippen LogP contribution in [-0.2, 0) is 14.9 Å². The number of amides is 1. The van der Waals surface area contributed by atoms with Crippen molar-refractivity contribution in [2.24, 2.45) is 0 Å². The van der Waals surface area contributed by atoms with Crippen LogP contribution in [0.1, 0.15) is 58.4 Å². The largest absolute Gasteiger partial charge is 0.496 e. The number of ether oxygens (including phenoxy) is 2. The van der Waals surface area contributed by atoms with Crippen LogP contribution in [0.5, 0.6) is 5.75 Å². The highest BCUT2D eigenvalue weighted by Crippen LogP contribution is 2.44. The van der Waals surface area contributed by atoms with Crippen LogP contribution < -0.4 is 10.1 Å². The molecule has 2 N–H and O–H groups in total. The molecule has 25 heavy (non-hydrogen) atoms. The van der Waals surface area contributed by atoms with E-state index < -0.39 is 23.1 Å². The number of rotatable bonds is 4. The zero-order valence-electron chi connectivity index (χ0n) is 15.3. The zero-order chi connectivity index (χ0) is 18.7. The Morgan fingerprint density at radius 3 is 2.32 bits per heavy atom. The van der Waals surface area contributed by atoms with E-state index in [-0.39, 0.29) is 0 Å². The first-order valence-electron chi connectivity index (χ1n) is 8.60. The molecule has 0 bridgehead atoms. The third-order valence-electron chi connectivity index (χ3n) is 4.48. The van der Waals surface area contributed by atoms with Crippen LogP contribution in [0.4, 0.5) is 10.5 Å². The fourth-order valence-electron chi connectivity index (χ4n) is 3.34. The molecule has 1 aromatic carbocycles. The first-order chi connectivity index (χ1) is 11.7. The highest BCUT2D eigenvalue weighted by atomic mass is 16.6. The van der Waals surface area contributed by atoms with Gasteiger partial charge in [0.1, 0.15) is 11.4 Å². The highest BCUT2D eigenvalue weighted by Gasteiger charge is 2.43. The molecule has 1 fully saturated rings. The summed E-state index contributed by atoms with van der Waals surface area (Å²) >= 11 is 0. The number of anilines is 1. The molecule has 1 aliphatic carbocycles. The summed E-state index contributed by atoms with van der Waals surface area (Å²) in [6.45, 7) is 5.36. The molecule has 1 amide bonds. The molecule has 0 saturated heterocycles. The lowest BCUT2D eigenvalue weighted by Crippen LogP contribution is -2.38. The van der Waals surface area contributed by atoms with Crippen LogP contribution in [0, 0.1) is 0 Å². The van der Waals surface area contributed by atoms with Crippen molar-refractivity contribution in [2.75, 3.05) is 12.4 Å². The summed E-state index contributed by atoms with van der Waals surface area (Å²) in [5, 5.41) is 12.5. The van der Waals surface area contributed by atoms with Crippen molar-refractivity contribution in [1.29, 1.82) is 0 Å². The van der Waals surface area contributed by atoms with E-state index in [2.05, 4.69) is 5.32 Å². The van der Waals surface area contributed by atoms with Gasteiger partial charge in [0.05, 0.1) is 12.5 Å². The standard InChI is InChI=1S/C19H27NO5/c1-18(2,3)25-17(23)20-13-8-9-14(15(12-13)24-4)19(16(21)22)10-6-5-7-11-19/h8-9,12H,5-7,10-11H2,1-4H3,(H,20,23)(H,21,22). The number of carbonyl (C=O) groups excluding carboxylic acids is 1. The molecule has 1 aromatic rings. The lowest BCUT2D eigenvalue weighted by molar-refractivity contribution is -0.145. The lowest BCUT2D eigenvalue weighted by Gasteiger charge is -2.34. The average Bonchev–Trinajstić information content (AvgIpc) is 2.53. The van der Waals surface area contributed by atoms with Gasteiger partial charge >= 0.3 is 12.1 Å². The summed E-state index contributed by atoms with van der Waals surface area (Å²) in [5.41, 5.74) is -0.347. The lowest BCUT2D eigenvalue weighted by atomic mass is 9.69. The van der Waals surface area contributed by atoms with E-state index in [1.807, 2.05) is 0 Å². The minimum Gasteiger partial charge on any atom is -0.496 e. The number of carboxylic acid groups (broad SMARTS) is 1. The summed E-state index contributed by atoms with van der Waals surface area (Å²) < 4.78 is 10.7. The van der Waals surface area contributed by atoms with Crippen LogP contribution in [-0.4, -0.2) is 29.9 Å². The minimum atomic E-state index is -0.923. The molecule has 0 aliphatic heterocycles. The van der Waals surface area contributed by atoms with Crippen LogP contribution >= 0.6 is 0 Å². The number of hydrogen-bond acceptors (Lipinski definition) is 4. The van der Waals surface area contributed by atoms with Crippen molar-refractivity contribution < 1.29 is 24.2 Å². The van der Waals surface area contributed by atoms with E-state index in [0.717, 1.165) is 19.3 Å². The number of methoxy groups -OCH3 is 1. The first kappa shape index (κ1) is 19.1. The van der Waals surface area contributed by atoms with E-state index in [0.29, 0.717) is 29.8 Å². The predicted molar refractivity (Wildman–Crippen MR) is 95.2 cm³/mol. The fourth-order valence-corrected chi connectivity index (χ4v) is 3.34. The number of benzene rings is 1. The minimum absolute atomic E-state index is 0.470. The Morgan fingerprint density at radius 2 is 1.80 bits per heavy atom. The summed E-state index contributed by atoms with van der Waals surface area (Å²) in [6, 6.07) is 5.09. The molecule has 0 unspecified atom stereocenters. The third kappa shape index (κ3) is 4.44. The van der Waals surface area contributed by atoms with Crippen LogP contribution in [0.15, 0.2) is 18.2 Å². The summed E-state index contributed by atoms with van der Waals surface area (Å²) in [5.74, 6) is -0.351. The molecule has 138 valence electrons. The number of carboxylic acids is 1. The Labute approximate surface area is 148 Å². The van der Waals surface area contributed by atoms with E-state index in [1.165, 1.54) is 7.11 Å². The SMILES string of the molecule is COc1cc(NC(=O)OC(C)(C)C)ccc1C1(C(=O)O)CCCCC1. The maximum absolute atomic E-state index is 12.0. The van der Waals surface area contributed by atoms with E-state index in [4.69, 9.17) is 9.47 Å². The van der Waals surface area contributed by atoms with Crippen LogP contribution in [0.25, 0.3) is 0 Å². The van der Waals surface area contributed by atoms with Gasteiger partial charge in [-0.3, -0.25) is 10.1 Å². The number of carbonyl (C=O) groups is 2. The van der Waals surface area contributed by atoms with Crippen LogP contribution in [0.3, 0.4) is 0 Å². The van der Waals surface area contributed by atoms with Crippen molar-refractivity contribution in [1.82, 2.24) is 0 Å². The van der Waals surface area contributed by atoms with Gasteiger partial charge in [0, 0.05) is 17.3 Å². The number of aliphatic carboxylic acids is 1. The second-order valence-electron chi connectivity index (χ2n) is 7.49. The predicted octanol–water partition coefficient (Wildman–Crippen LogP) is 4.33. The van der Waals surface area contributed by atoms with Gasteiger partial charge in [0.15, 0.2) is 0 Å². The van der Waals surface area contributed by atoms with E-state index >= 15 is 0 Å². The third-order valence-corrected chi connectivity index (χ3v) is 4.48. The van der Waals surface area contributed by atoms with E-state index in [9.17, 15) is 14.7 Å². The summed E-state index contributed by atoms with van der Waals surface area (Å²) in [6.07, 6.45) is 3.44. The normalized spacial score (nSPS) is 16.8. The quantitative estimate of drug-likeness (QED) is 0.845. The van der Waals surface area contributed by atoms with Crippen molar-refractivity contribution in [3.63, 3.8) is 0 Å². The monoisotopic (exact) mass is 349 g/mol. The Kier molecular flexibility index (Phi) is 5.60. The molecule has 1 aliphatic rings. The highest BCUT2D eigenvalue weighted by molar-refractivity contribution is 5.87. The zero-order valence-corrected chi connectivity index (χ0v) is 15.3. The maximum Gasteiger partial charge on any atom is 0.412 e. The molecule has 0 atom stereocenters. The maximum atomic E-state index is 12.0. The molecular formula is C19H27NO5. The molecule has 0 spiro atoms. The Hall–Kier alpha value is -2.24. The second-order valence-corrected chi connectivity index (χ2v) is 7.49. The van der Waals surface area contributed by atoms with Gasteiger partial charge in [0.2, 0.25) is 0 Å². The molecule has 2 rings (SSSR count). The van der Waals surface area contributed by atoms with Gasteiger partial charge in [-0.15, -0.1) is 0 Å². The smallest absolute Gasteiger partial charge is 0.412 e. The molecule has 0 heterocycles. The van der Waals surface area contributed by atoms with Gasteiger partial charge in [-0.1, -0.05) is 25.3 Å². The van der Waals surface area contributed by atoms with Gasteiger partial charge in [-0.25, -0.2) is 4.79 Å². The van der Waals surface area contributed by atoms with Gasteiger partial charge in [-0.05, 0) is 39.7 Å². The Balaban J connectivity index is 2.30. The Morgan fingerprint density at radius 1 is 1.16 bits per heavy atom. The number of hydrogen-bond donors (Lipinski definition) is 2. The fraction of sp³-hybridized carbons (Fsp3) is 0.579. The molecule has 0 aromatic heterocycles. The van der Waals surface area contributed by atoms with E-state index in [1.54, 1.807) is 39.0 Å². The van der Waals surface area contributed by atoms with Gasteiger partial charge in [-0.2, -0.15) is 0 Å². The molecule has 6 nitrogen and oxygen atoms in total. The first-order valence-corrected chi connectivity index (χ1v) is 8.60. The van der Waals surface area contributed by atoms with Gasteiger partial charge < -0.3 is 14.6 Å². The molecule has 6 heteroatoms. The molecular weight excluding hydrogens is 322 g/mol. The molecule has 0 radical (unpaired) electrons. The van der Waals surface area contributed by atoms with Crippen molar-refractivity contribution in [3.05, 3.63) is 23.8 Å². The summed E-state index contributed by atoms with van der Waals surface area (Å²) in [4.78, 5) is 23.9. The van der Waals surface area contributed by atoms with Gasteiger partial charge in [0.25, 0.3) is 0 Å².